The van der Waals surface area contributed by atoms with Crippen molar-refractivity contribution in [2.24, 2.45) is 5.92 Å². The molecule has 5 nitrogen and oxygen atoms in total. The summed E-state index contributed by atoms with van der Waals surface area (Å²) in [4.78, 5) is 25.3. The van der Waals surface area contributed by atoms with Crippen LogP contribution in [0, 0.1) is 5.92 Å². The lowest BCUT2D eigenvalue weighted by Gasteiger charge is -2.25. The Morgan fingerprint density at radius 2 is 2.04 bits per heavy atom. The molecule has 0 heterocycles. The van der Waals surface area contributed by atoms with Crippen molar-refractivity contribution in [2.75, 3.05) is 26.3 Å². The van der Waals surface area contributed by atoms with E-state index in [1.54, 1.807) is 19.1 Å². The average Bonchev–Trinajstić information content (AvgIpc) is 2.51. The van der Waals surface area contributed by atoms with Crippen molar-refractivity contribution in [3.63, 3.8) is 0 Å². The van der Waals surface area contributed by atoms with Crippen LogP contribution in [-0.4, -0.2) is 48.2 Å². The maximum Gasteiger partial charge on any atom is 0.308 e. The lowest BCUT2D eigenvalue weighted by Crippen LogP contribution is -2.38. The van der Waals surface area contributed by atoms with E-state index < -0.39 is 11.9 Å². The fourth-order valence-corrected chi connectivity index (χ4v) is 2.39. The highest BCUT2D eigenvalue weighted by Gasteiger charge is 2.23. The van der Waals surface area contributed by atoms with E-state index in [1.165, 1.54) is 11.0 Å². The first-order valence-electron chi connectivity index (χ1n) is 7.41. The Kier molecular flexibility index (Phi) is 8.37. The van der Waals surface area contributed by atoms with Gasteiger partial charge in [-0.2, -0.15) is 0 Å². The second-order valence-electron chi connectivity index (χ2n) is 5.17. The Balaban J connectivity index is 2.89. The Morgan fingerprint density at radius 3 is 2.65 bits per heavy atom. The van der Waals surface area contributed by atoms with Crippen LogP contribution in [0.1, 0.15) is 30.6 Å². The van der Waals surface area contributed by atoms with Gasteiger partial charge in [0.1, 0.15) is 0 Å². The van der Waals surface area contributed by atoms with Crippen LogP contribution in [-0.2, 0) is 9.53 Å². The minimum absolute atomic E-state index is 0.100. The topological polar surface area (TPSA) is 66.8 Å². The number of hydrogen-bond acceptors (Lipinski definition) is 3. The first-order valence-corrected chi connectivity index (χ1v) is 8.17. The summed E-state index contributed by atoms with van der Waals surface area (Å²) in [5.74, 6) is -1.96. The lowest BCUT2D eigenvalue weighted by atomic mass is 10.1. The van der Waals surface area contributed by atoms with Gasteiger partial charge in [-0.1, -0.05) is 30.1 Å². The molecule has 0 saturated heterocycles. The average molecular weight is 362 g/mol. The molecule has 1 rings (SSSR count). The summed E-state index contributed by atoms with van der Waals surface area (Å²) in [6, 6.07) is 4.64. The summed E-state index contributed by atoms with van der Waals surface area (Å²) < 4.78 is 5.26. The Labute approximate surface area is 146 Å². The van der Waals surface area contributed by atoms with Gasteiger partial charge in [-0.25, -0.2) is 0 Å². The van der Waals surface area contributed by atoms with Crippen molar-refractivity contribution in [1.82, 2.24) is 4.90 Å². The molecular weight excluding hydrogens is 341 g/mol. The van der Waals surface area contributed by atoms with Crippen molar-refractivity contribution in [3.05, 3.63) is 33.8 Å². The van der Waals surface area contributed by atoms with Gasteiger partial charge in [0.05, 0.1) is 16.5 Å². The van der Waals surface area contributed by atoms with Crippen LogP contribution in [0.15, 0.2) is 18.2 Å². The maximum atomic E-state index is 12.7. The first-order chi connectivity index (χ1) is 10.9. The van der Waals surface area contributed by atoms with E-state index >= 15 is 0 Å². The number of carbonyl (C=O) groups excluding carboxylic acids is 1. The van der Waals surface area contributed by atoms with Gasteiger partial charge < -0.3 is 14.7 Å². The van der Waals surface area contributed by atoms with Crippen LogP contribution in [0.25, 0.3) is 0 Å². The number of aliphatic carboxylic acids is 1. The smallest absolute Gasteiger partial charge is 0.308 e. The number of carboxylic acid groups (broad SMARTS) is 1. The molecule has 0 spiro atoms. The highest BCUT2D eigenvalue weighted by Crippen LogP contribution is 2.22. The molecule has 1 N–H and O–H groups in total. The molecule has 1 aromatic carbocycles. The summed E-state index contributed by atoms with van der Waals surface area (Å²) in [5, 5.41) is 9.77. The van der Waals surface area contributed by atoms with Crippen LogP contribution in [0.3, 0.4) is 0 Å². The lowest BCUT2D eigenvalue weighted by molar-refractivity contribution is -0.141. The molecule has 1 atom stereocenters. The second-order valence-corrected chi connectivity index (χ2v) is 6.01. The third-order valence-corrected chi connectivity index (χ3v) is 3.85. The molecule has 0 saturated carbocycles. The summed E-state index contributed by atoms with van der Waals surface area (Å²) in [5.41, 5.74) is 0.271. The minimum Gasteiger partial charge on any atom is -0.481 e. The number of ether oxygens (including phenoxy) is 1. The molecule has 0 aliphatic heterocycles. The fraction of sp³-hybridized carbons (Fsp3) is 0.500. The van der Waals surface area contributed by atoms with Crippen molar-refractivity contribution in [3.8, 4) is 0 Å². The Bertz CT molecular complexity index is 551. The zero-order valence-corrected chi connectivity index (χ0v) is 14.7. The van der Waals surface area contributed by atoms with Gasteiger partial charge in [0.25, 0.3) is 5.91 Å². The number of rotatable bonds is 9. The molecule has 0 aromatic heterocycles. The first kappa shape index (κ1) is 19.7. The van der Waals surface area contributed by atoms with Gasteiger partial charge in [0.15, 0.2) is 0 Å². The highest BCUT2D eigenvalue weighted by molar-refractivity contribution is 6.35. The molecule has 1 aromatic rings. The molecule has 0 fully saturated rings. The van der Waals surface area contributed by atoms with Gasteiger partial charge in [0.2, 0.25) is 0 Å². The molecule has 0 aliphatic rings. The van der Waals surface area contributed by atoms with Crippen molar-refractivity contribution in [2.45, 2.75) is 20.3 Å². The maximum absolute atomic E-state index is 12.7. The number of carbonyl (C=O) groups is 2. The molecule has 1 unspecified atom stereocenters. The summed E-state index contributed by atoms with van der Waals surface area (Å²) in [7, 11) is 0. The van der Waals surface area contributed by atoms with E-state index in [1.807, 2.05) is 6.92 Å². The third-order valence-electron chi connectivity index (χ3n) is 3.28. The van der Waals surface area contributed by atoms with Gasteiger partial charge in [-0.15, -0.1) is 0 Å². The normalized spacial score (nSPS) is 12.0. The molecule has 0 radical (unpaired) electrons. The van der Waals surface area contributed by atoms with Crippen molar-refractivity contribution in [1.29, 1.82) is 0 Å². The number of benzene rings is 1. The number of halogens is 2. The zero-order valence-electron chi connectivity index (χ0n) is 13.2. The second kappa shape index (κ2) is 9.75. The quantitative estimate of drug-likeness (QED) is 0.682. The van der Waals surface area contributed by atoms with E-state index in [0.29, 0.717) is 31.2 Å². The van der Waals surface area contributed by atoms with E-state index in [9.17, 15) is 9.59 Å². The summed E-state index contributed by atoms with van der Waals surface area (Å²) in [6.07, 6.45) is 0.615. The van der Waals surface area contributed by atoms with Crippen LogP contribution in [0.4, 0.5) is 0 Å². The largest absolute Gasteiger partial charge is 0.481 e. The number of hydrogen-bond donors (Lipinski definition) is 1. The van der Waals surface area contributed by atoms with Gasteiger partial charge in [-0.3, -0.25) is 9.59 Å². The standard InChI is InChI=1S/C16H21Cl2NO4/c1-3-23-8-4-7-19(10-11(2)16(21)22)15(20)13-9-12(17)5-6-14(13)18/h5-6,9,11H,3-4,7-8,10H2,1-2H3,(H,21,22). The van der Waals surface area contributed by atoms with Crippen LogP contribution in [0.2, 0.25) is 10.0 Å². The molecule has 128 valence electrons. The number of nitrogens with zero attached hydrogens (tertiary/aromatic N) is 1. The molecule has 0 bridgehead atoms. The van der Waals surface area contributed by atoms with Crippen LogP contribution < -0.4 is 0 Å². The fourth-order valence-electron chi connectivity index (χ4n) is 2.02. The molecular formula is C16H21Cl2NO4. The number of amides is 1. The van der Waals surface area contributed by atoms with Crippen LogP contribution >= 0.6 is 23.2 Å². The van der Waals surface area contributed by atoms with E-state index in [4.69, 9.17) is 33.0 Å². The monoisotopic (exact) mass is 361 g/mol. The molecule has 7 heteroatoms. The van der Waals surface area contributed by atoms with E-state index in [0.717, 1.165) is 0 Å². The predicted molar refractivity (Wildman–Crippen MR) is 90.3 cm³/mol. The Hall–Kier alpha value is -1.30. The van der Waals surface area contributed by atoms with E-state index in [2.05, 4.69) is 0 Å². The van der Waals surface area contributed by atoms with E-state index in [-0.39, 0.29) is 23.0 Å². The van der Waals surface area contributed by atoms with Crippen molar-refractivity contribution < 1.29 is 19.4 Å². The SMILES string of the molecule is CCOCCCN(CC(C)C(=O)O)C(=O)c1cc(Cl)ccc1Cl. The molecule has 0 aliphatic carbocycles. The van der Waals surface area contributed by atoms with Crippen molar-refractivity contribution >= 4 is 35.1 Å². The Morgan fingerprint density at radius 1 is 1.35 bits per heavy atom. The van der Waals surface area contributed by atoms with Crippen LogP contribution in [0.5, 0.6) is 0 Å². The molecule has 1 amide bonds. The van der Waals surface area contributed by atoms with Gasteiger partial charge >= 0.3 is 5.97 Å². The third kappa shape index (κ3) is 6.37. The molecule has 23 heavy (non-hydrogen) atoms. The van der Waals surface area contributed by atoms with Gasteiger partial charge in [0, 0.05) is 31.3 Å². The summed E-state index contributed by atoms with van der Waals surface area (Å²) >= 11 is 12.0. The zero-order chi connectivity index (χ0) is 17.4. The van der Waals surface area contributed by atoms with Gasteiger partial charge in [-0.05, 0) is 31.5 Å². The minimum atomic E-state index is -0.954. The predicted octanol–water partition coefficient (Wildman–Crippen LogP) is 3.58. The number of carboxylic acids is 1. The summed E-state index contributed by atoms with van der Waals surface area (Å²) in [6.45, 7) is 5.04. The highest BCUT2D eigenvalue weighted by atomic mass is 35.5.